The summed E-state index contributed by atoms with van der Waals surface area (Å²) in [5, 5.41) is 9.46. The van der Waals surface area contributed by atoms with Gasteiger partial charge in [0.05, 0.1) is 5.92 Å². The third-order valence-electron chi connectivity index (χ3n) is 4.38. The second-order valence-electron chi connectivity index (χ2n) is 7.78. The number of piperazine rings is 1. The Labute approximate surface area is 159 Å². The van der Waals surface area contributed by atoms with Crippen molar-refractivity contribution in [2.24, 2.45) is 5.92 Å². The van der Waals surface area contributed by atoms with E-state index in [1.54, 1.807) is 9.80 Å². The Hall–Kier alpha value is -2.57. The Morgan fingerprint density at radius 2 is 1.59 bits per heavy atom. The molecule has 1 aliphatic heterocycles. The van der Waals surface area contributed by atoms with Gasteiger partial charge >= 0.3 is 12.1 Å². The largest absolute Gasteiger partial charge is 0.481 e. The van der Waals surface area contributed by atoms with Crippen LogP contribution in [0.15, 0.2) is 30.3 Å². The molecular formula is C20H28N2O5. The third kappa shape index (κ3) is 6.58. The molecule has 7 heteroatoms. The number of carboxylic acid groups (broad SMARTS) is 1. The molecule has 1 fully saturated rings. The first-order chi connectivity index (χ1) is 12.7. The molecule has 148 valence electrons. The van der Waals surface area contributed by atoms with Crippen LogP contribution >= 0.6 is 0 Å². The highest BCUT2D eigenvalue weighted by atomic mass is 16.6. The summed E-state index contributed by atoms with van der Waals surface area (Å²) in [4.78, 5) is 39.4. The highest BCUT2D eigenvalue weighted by Crippen LogP contribution is 2.16. The number of ether oxygens (including phenoxy) is 1. The number of rotatable bonds is 5. The number of carbonyl (C=O) groups excluding carboxylic acids is 2. The van der Waals surface area contributed by atoms with Gasteiger partial charge in [0.25, 0.3) is 0 Å². The molecule has 1 aliphatic rings. The molecule has 2 amide bonds. The summed E-state index contributed by atoms with van der Waals surface area (Å²) in [7, 11) is 0. The number of nitrogens with zero attached hydrogens (tertiary/aromatic N) is 2. The van der Waals surface area contributed by atoms with E-state index in [9.17, 15) is 19.5 Å². The molecule has 0 aliphatic carbocycles. The normalized spacial score (nSPS) is 16.0. The minimum absolute atomic E-state index is 0.0450. The van der Waals surface area contributed by atoms with Crippen LogP contribution in [-0.4, -0.2) is 64.7 Å². The molecule has 1 atom stereocenters. The number of hydrogen-bond acceptors (Lipinski definition) is 4. The maximum Gasteiger partial charge on any atom is 0.410 e. The first-order valence-electron chi connectivity index (χ1n) is 9.18. The third-order valence-corrected chi connectivity index (χ3v) is 4.38. The number of aliphatic carboxylic acids is 1. The van der Waals surface area contributed by atoms with E-state index in [-0.39, 0.29) is 18.4 Å². The molecule has 27 heavy (non-hydrogen) atoms. The van der Waals surface area contributed by atoms with Crippen LogP contribution in [0.1, 0.15) is 32.8 Å². The van der Waals surface area contributed by atoms with E-state index in [4.69, 9.17) is 4.74 Å². The summed E-state index contributed by atoms with van der Waals surface area (Å²) >= 11 is 0. The Morgan fingerprint density at radius 1 is 1.04 bits per heavy atom. The summed E-state index contributed by atoms with van der Waals surface area (Å²) in [5.74, 6) is -1.93. The smallest absolute Gasteiger partial charge is 0.410 e. The van der Waals surface area contributed by atoms with E-state index in [1.807, 2.05) is 51.1 Å². The number of benzene rings is 1. The lowest BCUT2D eigenvalue weighted by Crippen LogP contribution is -2.52. The number of carboxylic acids is 1. The molecule has 2 rings (SSSR count). The summed E-state index contributed by atoms with van der Waals surface area (Å²) in [6.07, 6.45) is -0.113. The van der Waals surface area contributed by atoms with E-state index < -0.39 is 17.5 Å². The minimum atomic E-state index is -0.973. The van der Waals surface area contributed by atoms with E-state index in [0.29, 0.717) is 32.6 Å². The van der Waals surface area contributed by atoms with Gasteiger partial charge < -0.3 is 19.6 Å². The van der Waals surface area contributed by atoms with Gasteiger partial charge in [0.2, 0.25) is 5.91 Å². The van der Waals surface area contributed by atoms with E-state index in [2.05, 4.69) is 0 Å². The number of hydrogen-bond donors (Lipinski definition) is 1. The summed E-state index contributed by atoms with van der Waals surface area (Å²) < 4.78 is 5.34. The highest BCUT2D eigenvalue weighted by molar-refractivity contribution is 5.82. The molecule has 1 heterocycles. The predicted molar refractivity (Wildman–Crippen MR) is 100 cm³/mol. The first kappa shape index (κ1) is 20.7. The minimum Gasteiger partial charge on any atom is -0.481 e. The number of amides is 2. The average Bonchev–Trinajstić information content (AvgIpc) is 2.60. The van der Waals surface area contributed by atoms with Gasteiger partial charge in [-0.3, -0.25) is 9.59 Å². The molecule has 0 spiro atoms. The topological polar surface area (TPSA) is 87.2 Å². The van der Waals surface area contributed by atoms with Crippen LogP contribution in [0.2, 0.25) is 0 Å². The van der Waals surface area contributed by atoms with Crippen molar-refractivity contribution in [2.75, 3.05) is 26.2 Å². The first-order valence-corrected chi connectivity index (χ1v) is 9.18. The van der Waals surface area contributed by atoms with Crippen molar-refractivity contribution in [3.05, 3.63) is 35.9 Å². The lowest BCUT2D eigenvalue weighted by Gasteiger charge is -2.36. The SMILES string of the molecule is CC(C)(C)OC(=O)N1CCN(C(=O)C[C@@H](Cc2ccccc2)C(=O)O)CC1. The van der Waals surface area contributed by atoms with Gasteiger partial charge in [-0.1, -0.05) is 30.3 Å². The van der Waals surface area contributed by atoms with E-state index in [0.717, 1.165) is 5.56 Å². The zero-order valence-electron chi connectivity index (χ0n) is 16.2. The molecule has 7 nitrogen and oxygen atoms in total. The zero-order valence-corrected chi connectivity index (χ0v) is 16.2. The Bertz CT molecular complexity index is 661. The van der Waals surface area contributed by atoms with E-state index >= 15 is 0 Å². The number of carbonyl (C=O) groups is 3. The fourth-order valence-corrected chi connectivity index (χ4v) is 2.95. The molecule has 1 aromatic carbocycles. The van der Waals surface area contributed by atoms with Crippen molar-refractivity contribution in [1.82, 2.24) is 9.80 Å². The van der Waals surface area contributed by atoms with Crippen molar-refractivity contribution < 1.29 is 24.2 Å². The molecule has 0 radical (unpaired) electrons. The van der Waals surface area contributed by atoms with Crippen LogP contribution in [0.25, 0.3) is 0 Å². The average molecular weight is 376 g/mol. The Balaban J connectivity index is 1.87. The summed E-state index contributed by atoms with van der Waals surface area (Å²) in [6, 6.07) is 9.30. The summed E-state index contributed by atoms with van der Waals surface area (Å²) in [5.41, 5.74) is 0.336. The van der Waals surface area contributed by atoms with Gasteiger partial charge in [-0.05, 0) is 32.8 Å². The predicted octanol–water partition coefficient (Wildman–Crippen LogP) is 2.40. The fourth-order valence-electron chi connectivity index (χ4n) is 2.95. The Morgan fingerprint density at radius 3 is 2.11 bits per heavy atom. The summed E-state index contributed by atoms with van der Waals surface area (Å²) in [6.45, 7) is 6.97. The zero-order chi connectivity index (χ0) is 20.0. The van der Waals surface area contributed by atoms with Gasteiger partial charge in [0.15, 0.2) is 0 Å². The highest BCUT2D eigenvalue weighted by Gasteiger charge is 2.30. The fraction of sp³-hybridized carbons (Fsp3) is 0.550. The van der Waals surface area contributed by atoms with Crippen molar-refractivity contribution in [3.63, 3.8) is 0 Å². The van der Waals surface area contributed by atoms with Gasteiger partial charge in [0, 0.05) is 32.6 Å². The molecule has 0 aromatic heterocycles. The van der Waals surface area contributed by atoms with Crippen LogP contribution in [-0.2, 0) is 20.7 Å². The second kappa shape index (κ2) is 8.88. The molecule has 0 bridgehead atoms. The molecule has 0 unspecified atom stereocenters. The van der Waals surface area contributed by atoms with Crippen LogP contribution in [0, 0.1) is 5.92 Å². The maximum atomic E-state index is 12.5. The van der Waals surface area contributed by atoms with Crippen molar-refractivity contribution in [1.29, 1.82) is 0 Å². The molecule has 1 aromatic rings. The standard InChI is InChI=1S/C20H28N2O5/c1-20(2,3)27-19(26)22-11-9-21(10-12-22)17(23)14-16(18(24)25)13-15-7-5-4-6-8-15/h4-8,16H,9-14H2,1-3H3,(H,24,25)/t16-/m1/s1. The quantitative estimate of drug-likeness (QED) is 0.853. The van der Waals surface area contributed by atoms with Gasteiger partial charge in [-0.2, -0.15) is 0 Å². The molecule has 1 N–H and O–H groups in total. The van der Waals surface area contributed by atoms with Crippen molar-refractivity contribution in [2.45, 2.75) is 39.2 Å². The van der Waals surface area contributed by atoms with Gasteiger partial charge in [-0.15, -0.1) is 0 Å². The second-order valence-corrected chi connectivity index (χ2v) is 7.78. The maximum absolute atomic E-state index is 12.5. The van der Waals surface area contributed by atoms with Crippen LogP contribution in [0.4, 0.5) is 4.79 Å². The van der Waals surface area contributed by atoms with Gasteiger partial charge in [0.1, 0.15) is 5.60 Å². The van der Waals surface area contributed by atoms with Gasteiger partial charge in [-0.25, -0.2) is 4.79 Å². The lowest BCUT2D eigenvalue weighted by molar-refractivity contribution is -0.146. The monoisotopic (exact) mass is 376 g/mol. The molecule has 1 saturated heterocycles. The van der Waals surface area contributed by atoms with Crippen LogP contribution < -0.4 is 0 Å². The van der Waals surface area contributed by atoms with Crippen LogP contribution in [0.3, 0.4) is 0 Å². The van der Waals surface area contributed by atoms with E-state index in [1.165, 1.54) is 0 Å². The van der Waals surface area contributed by atoms with Crippen molar-refractivity contribution >= 4 is 18.0 Å². The van der Waals surface area contributed by atoms with Crippen LogP contribution in [0.5, 0.6) is 0 Å². The Kier molecular flexibility index (Phi) is 6.82. The van der Waals surface area contributed by atoms with Crippen molar-refractivity contribution in [3.8, 4) is 0 Å². The molecule has 0 saturated carbocycles. The lowest BCUT2D eigenvalue weighted by atomic mass is 9.95. The molecular weight excluding hydrogens is 348 g/mol.